The second kappa shape index (κ2) is 5.67. The molecule has 6 heteroatoms. The molecule has 0 aliphatic rings. The molecule has 0 aromatic rings. The fourth-order valence-electron chi connectivity index (χ4n) is 0.927. The fraction of sp³-hybridized carbons (Fsp3) is 0.636. The van der Waals surface area contributed by atoms with Gasteiger partial charge in [0, 0.05) is 7.05 Å². The van der Waals surface area contributed by atoms with Gasteiger partial charge in [-0.25, -0.2) is 9.59 Å². The van der Waals surface area contributed by atoms with E-state index in [-0.39, 0.29) is 12.1 Å². The van der Waals surface area contributed by atoms with Crippen molar-refractivity contribution in [1.82, 2.24) is 4.90 Å². The van der Waals surface area contributed by atoms with Crippen LogP contribution in [0.25, 0.3) is 0 Å². The van der Waals surface area contributed by atoms with Crippen LogP contribution in [0.1, 0.15) is 20.8 Å². The van der Waals surface area contributed by atoms with Gasteiger partial charge < -0.3 is 19.8 Å². The zero-order chi connectivity index (χ0) is 13.8. The summed E-state index contributed by atoms with van der Waals surface area (Å²) in [6.45, 7) is 8.17. The first-order chi connectivity index (χ1) is 7.54. The Hall–Kier alpha value is -1.56. The Morgan fingerprint density at radius 1 is 1.41 bits per heavy atom. The van der Waals surface area contributed by atoms with Gasteiger partial charge in [-0.3, -0.25) is 0 Å². The maximum absolute atomic E-state index is 11.5. The van der Waals surface area contributed by atoms with Crippen LogP contribution < -0.4 is 0 Å². The van der Waals surface area contributed by atoms with E-state index in [1.807, 2.05) is 0 Å². The first kappa shape index (κ1) is 15.4. The van der Waals surface area contributed by atoms with Crippen molar-refractivity contribution in [2.45, 2.75) is 32.5 Å². The Kier molecular flexibility index (Phi) is 5.15. The average Bonchev–Trinajstić information content (AvgIpc) is 2.13. The number of aliphatic carboxylic acids is 1. The summed E-state index contributed by atoms with van der Waals surface area (Å²) in [6, 6.07) is 0. The van der Waals surface area contributed by atoms with Crippen LogP contribution in [0.3, 0.4) is 0 Å². The summed E-state index contributed by atoms with van der Waals surface area (Å²) in [4.78, 5) is 23.1. The summed E-state index contributed by atoms with van der Waals surface area (Å²) in [5.74, 6) is -1.30. The van der Waals surface area contributed by atoms with E-state index < -0.39 is 23.8 Å². The number of carboxylic acids is 1. The molecule has 0 aliphatic heterocycles. The monoisotopic (exact) mass is 245 g/mol. The van der Waals surface area contributed by atoms with E-state index in [4.69, 9.17) is 9.84 Å². The third-order valence-electron chi connectivity index (χ3n) is 1.83. The summed E-state index contributed by atoms with van der Waals surface area (Å²) in [5.41, 5.74) is -1.000. The molecule has 98 valence electrons. The highest BCUT2D eigenvalue weighted by Crippen LogP contribution is 2.10. The molecule has 0 bridgehead atoms. The largest absolute Gasteiger partial charge is 0.478 e. The Bertz CT molecular complexity index is 318. The van der Waals surface area contributed by atoms with Crippen LogP contribution in [-0.2, 0) is 9.53 Å². The second-order valence-electron chi connectivity index (χ2n) is 4.71. The number of ether oxygens (including phenoxy) is 1. The zero-order valence-electron chi connectivity index (χ0n) is 10.6. The number of carbonyl (C=O) groups is 2. The number of nitrogens with zero attached hydrogens (tertiary/aromatic N) is 1. The van der Waals surface area contributed by atoms with Crippen LogP contribution >= 0.6 is 0 Å². The van der Waals surface area contributed by atoms with Crippen LogP contribution in [0, 0.1) is 0 Å². The number of hydrogen-bond donors (Lipinski definition) is 2. The number of hydrogen-bond acceptors (Lipinski definition) is 4. The number of rotatable bonds is 4. The zero-order valence-corrected chi connectivity index (χ0v) is 10.6. The van der Waals surface area contributed by atoms with E-state index >= 15 is 0 Å². The van der Waals surface area contributed by atoms with Gasteiger partial charge in [-0.15, -0.1) is 0 Å². The van der Waals surface area contributed by atoms with E-state index in [9.17, 15) is 14.7 Å². The fourth-order valence-corrected chi connectivity index (χ4v) is 0.927. The van der Waals surface area contributed by atoms with Gasteiger partial charge in [-0.1, -0.05) is 6.58 Å². The molecule has 0 saturated carbocycles. The third-order valence-corrected chi connectivity index (χ3v) is 1.83. The highest BCUT2D eigenvalue weighted by molar-refractivity contribution is 5.87. The lowest BCUT2D eigenvalue weighted by Crippen LogP contribution is -2.39. The number of carbonyl (C=O) groups excluding carboxylic acids is 1. The molecular weight excluding hydrogens is 226 g/mol. The van der Waals surface area contributed by atoms with Crippen molar-refractivity contribution in [1.29, 1.82) is 0 Å². The van der Waals surface area contributed by atoms with Crippen LogP contribution in [0.4, 0.5) is 4.79 Å². The van der Waals surface area contributed by atoms with Gasteiger partial charge >= 0.3 is 12.1 Å². The van der Waals surface area contributed by atoms with Crippen molar-refractivity contribution in [2.75, 3.05) is 13.6 Å². The van der Waals surface area contributed by atoms with Crippen LogP contribution in [0.2, 0.25) is 0 Å². The summed E-state index contributed by atoms with van der Waals surface area (Å²) >= 11 is 0. The minimum absolute atomic E-state index is 0.181. The van der Waals surface area contributed by atoms with Gasteiger partial charge in [0.15, 0.2) is 0 Å². The van der Waals surface area contributed by atoms with E-state index in [0.29, 0.717) is 0 Å². The Labute approximate surface area is 100 Å². The van der Waals surface area contributed by atoms with E-state index in [1.165, 1.54) is 7.05 Å². The van der Waals surface area contributed by atoms with Crippen molar-refractivity contribution < 1.29 is 24.5 Å². The molecule has 17 heavy (non-hydrogen) atoms. The van der Waals surface area contributed by atoms with Crippen LogP contribution in [0.5, 0.6) is 0 Å². The summed E-state index contributed by atoms with van der Waals surface area (Å²) < 4.78 is 5.04. The molecule has 1 atom stereocenters. The van der Waals surface area contributed by atoms with Crippen LogP contribution in [-0.4, -0.2) is 52.5 Å². The summed E-state index contributed by atoms with van der Waals surface area (Å²) in [7, 11) is 1.41. The van der Waals surface area contributed by atoms with Crippen molar-refractivity contribution in [2.24, 2.45) is 0 Å². The molecule has 0 saturated heterocycles. The molecule has 0 heterocycles. The standard InChI is InChI=1S/C11H19NO5/c1-7(9(14)15)8(13)6-12(5)10(16)17-11(2,3)4/h8,13H,1,6H2,2-5H3,(H,14,15). The molecule has 0 aliphatic carbocycles. The smallest absolute Gasteiger partial charge is 0.410 e. The molecule has 0 radical (unpaired) electrons. The van der Waals surface area contributed by atoms with Crippen molar-refractivity contribution in [3.63, 3.8) is 0 Å². The number of amides is 1. The van der Waals surface area contributed by atoms with Crippen molar-refractivity contribution in [3.8, 4) is 0 Å². The molecule has 0 spiro atoms. The highest BCUT2D eigenvalue weighted by atomic mass is 16.6. The normalized spacial score (nSPS) is 12.8. The van der Waals surface area contributed by atoms with Crippen molar-refractivity contribution in [3.05, 3.63) is 12.2 Å². The lowest BCUT2D eigenvalue weighted by Gasteiger charge is -2.26. The lowest BCUT2D eigenvalue weighted by molar-refractivity contribution is -0.133. The van der Waals surface area contributed by atoms with Gasteiger partial charge in [0.2, 0.25) is 0 Å². The molecule has 0 aromatic carbocycles. The van der Waals surface area contributed by atoms with Gasteiger partial charge in [0.05, 0.1) is 12.1 Å². The molecule has 2 N–H and O–H groups in total. The maximum Gasteiger partial charge on any atom is 0.410 e. The predicted octanol–water partition coefficient (Wildman–Crippen LogP) is 0.855. The Morgan fingerprint density at radius 2 is 1.88 bits per heavy atom. The van der Waals surface area contributed by atoms with Crippen LogP contribution in [0.15, 0.2) is 12.2 Å². The van der Waals surface area contributed by atoms with E-state index in [0.717, 1.165) is 4.90 Å². The highest BCUT2D eigenvalue weighted by Gasteiger charge is 2.23. The lowest BCUT2D eigenvalue weighted by atomic mass is 10.1. The molecular formula is C11H19NO5. The maximum atomic E-state index is 11.5. The summed E-state index contributed by atoms with van der Waals surface area (Å²) in [6.07, 6.45) is -1.94. The molecule has 0 fully saturated rings. The SMILES string of the molecule is C=C(C(=O)O)C(O)CN(C)C(=O)OC(C)(C)C. The van der Waals surface area contributed by atoms with E-state index in [2.05, 4.69) is 6.58 Å². The second-order valence-corrected chi connectivity index (χ2v) is 4.71. The van der Waals surface area contributed by atoms with Gasteiger partial charge in [0.1, 0.15) is 11.7 Å². The van der Waals surface area contributed by atoms with Gasteiger partial charge in [0.25, 0.3) is 0 Å². The predicted molar refractivity (Wildman–Crippen MR) is 61.6 cm³/mol. The number of aliphatic hydroxyl groups excluding tert-OH is 1. The average molecular weight is 245 g/mol. The molecule has 0 rings (SSSR count). The quantitative estimate of drug-likeness (QED) is 0.717. The summed E-state index contributed by atoms with van der Waals surface area (Å²) in [5, 5.41) is 18.1. The number of carboxylic acid groups (broad SMARTS) is 1. The third kappa shape index (κ3) is 5.91. The number of likely N-dealkylation sites (N-methyl/N-ethyl adjacent to an activating group) is 1. The Balaban J connectivity index is 4.35. The van der Waals surface area contributed by atoms with Gasteiger partial charge in [-0.2, -0.15) is 0 Å². The minimum atomic E-state index is -1.31. The molecule has 1 amide bonds. The molecule has 0 aromatic heterocycles. The number of aliphatic hydroxyl groups is 1. The topological polar surface area (TPSA) is 87.1 Å². The first-order valence-corrected chi connectivity index (χ1v) is 5.09. The van der Waals surface area contributed by atoms with Gasteiger partial charge in [-0.05, 0) is 20.8 Å². The van der Waals surface area contributed by atoms with E-state index in [1.54, 1.807) is 20.8 Å². The Morgan fingerprint density at radius 3 is 2.24 bits per heavy atom. The minimum Gasteiger partial charge on any atom is -0.478 e. The molecule has 1 unspecified atom stereocenters. The first-order valence-electron chi connectivity index (χ1n) is 5.09. The van der Waals surface area contributed by atoms with Crippen molar-refractivity contribution >= 4 is 12.1 Å². The molecule has 6 nitrogen and oxygen atoms in total.